The molecule has 0 aromatic rings. The van der Waals surface area contributed by atoms with Crippen molar-refractivity contribution in [2.75, 3.05) is 19.6 Å². The van der Waals surface area contributed by atoms with Gasteiger partial charge >= 0.3 is 0 Å². The van der Waals surface area contributed by atoms with Crippen LogP contribution in [0.25, 0.3) is 0 Å². The second kappa shape index (κ2) is 6.02. The summed E-state index contributed by atoms with van der Waals surface area (Å²) >= 11 is 0. The lowest BCUT2D eigenvalue weighted by Crippen LogP contribution is -2.34. The van der Waals surface area contributed by atoms with Gasteiger partial charge in [0.15, 0.2) is 0 Å². The predicted molar refractivity (Wildman–Crippen MR) is 69.7 cm³/mol. The van der Waals surface area contributed by atoms with Gasteiger partial charge in [0.25, 0.3) is 0 Å². The van der Waals surface area contributed by atoms with Crippen molar-refractivity contribution in [2.45, 2.75) is 64.5 Å². The average Bonchev–Trinajstić information content (AvgIpc) is 2.91. The van der Waals surface area contributed by atoms with Crippen molar-refractivity contribution in [1.82, 2.24) is 10.2 Å². The average molecular weight is 224 g/mol. The summed E-state index contributed by atoms with van der Waals surface area (Å²) in [5, 5.41) is 3.59. The Morgan fingerprint density at radius 3 is 2.62 bits per heavy atom. The summed E-state index contributed by atoms with van der Waals surface area (Å²) in [6.45, 7) is 8.61. The van der Waals surface area contributed by atoms with Gasteiger partial charge in [0, 0.05) is 18.6 Å². The van der Waals surface area contributed by atoms with Gasteiger partial charge in [0.05, 0.1) is 0 Å². The van der Waals surface area contributed by atoms with Crippen molar-refractivity contribution < 1.29 is 0 Å². The summed E-state index contributed by atoms with van der Waals surface area (Å²) in [6.07, 6.45) is 8.52. The van der Waals surface area contributed by atoms with E-state index in [1.54, 1.807) is 0 Å². The van der Waals surface area contributed by atoms with E-state index in [9.17, 15) is 0 Å². The minimum absolute atomic E-state index is 0.733. The molecule has 94 valence electrons. The van der Waals surface area contributed by atoms with Crippen molar-refractivity contribution in [3.8, 4) is 0 Å². The van der Waals surface area contributed by atoms with E-state index in [1.807, 2.05) is 0 Å². The van der Waals surface area contributed by atoms with E-state index in [0.29, 0.717) is 0 Å². The van der Waals surface area contributed by atoms with Crippen LogP contribution in [0.4, 0.5) is 0 Å². The van der Waals surface area contributed by atoms with E-state index < -0.39 is 0 Å². The van der Waals surface area contributed by atoms with Crippen molar-refractivity contribution in [1.29, 1.82) is 0 Å². The fourth-order valence-corrected chi connectivity index (χ4v) is 2.74. The molecule has 1 heterocycles. The van der Waals surface area contributed by atoms with Crippen LogP contribution in [-0.4, -0.2) is 36.6 Å². The van der Waals surface area contributed by atoms with Gasteiger partial charge in [-0.05, 0) is 71.4 Å². The molecule has 2 nitrogen and oxygen atoms in total. The van der Waals surface area contributed by atoms with E-state index in [2.05, 4.69) is 24.1 Å². The molecule has 0 amide bonds. The Hall–Kier alpha value is -0.0800. The third kappa shape index (κ3) is 4.06. The van der Waals surface area contributed by atoms with Crippen LogP contribution in [0.2, 0.25) is 0 Å². The van der Waals surface area contributed by atoms with Gasteiger partial charge in [-0.2, -0.15) is 0 Å². The number of hydrogen-bond donors (Lipinski definition) is 1. The first kappa shape index (κ1) is 12.4. The first-order chi connectivity index (χ1) is 7.75. The quantitative estimate of drug-likeness (QED) is 0.715. The molecule has 1 unspecified atom stereocenters. The molecular weight excluding hydrogens is 196 g/mol. The van der Waals surface area contributed by atoms with E-state index in [4.69, 9.17) is 0 Å². The molecule has 0 radical (unpaired) electrons. The normalized spacial score (nSPS) is 25.9. The molecule has 2 fully saturated rings. The van der Waals surface area contributed by atoms with Crippen molar-refractivity contribution in [3.05, 3.63) is 0 Å². The predicted octanol–water partition coefficient (Wildman–Crippen LogP) is 2.64. The smallest absolute Gasteiger partial charge is 0.00680 e. The molecule has 1 saturated heterocycles. The van der Waals surface area contributed by atoms with Crippen LogP contribution >= 0.6 is 0 Å². The van der Waals surface area contributed by atoms with E-state index in [-0.39, 0.29) is 0 Å². The fraction of sp³-hybridized carbons (Fsp3) is 1.00. The Kier molecular flexibility index (Phi) is 4.66. The zero-order valence-corrected chi connectivity index (χ0v) is 11.0. The Balaban J connectivity index is 1.60. The molecule has 0 aromatic heterocycles. The van der Waals surface area contributed by atoms with Crippen molar-refractivity contribution >= 4 is 0 Å². The lowest BCUT2D eigenvalue weighted by Gasteiger charge is -2.27. The van der Waals surface area contributed by atoms with Crippen molar-refractivity contribution in [2.24, 2.45) is 5.92 Å². The Morgan fingerprint density at radius 1 is 1.25 bits per heavy atom. The summed E-state index contributed by atoms with van der Waals surface area (Å²) in [7, 11) is 0. The maximum atomic E-state index is 3.59. The van der Waals surface area contributed by atoms with Crippen LogP contribution in [0.5, 0.6) is 0 Å². The van der Waals surface area contributed by atoms with Gasteiger partial charge in [-0.1, -0.05) is 0 Å². The first-order valence-electron chi connectivity index (χ1n) is 7.23. The topological polar surface area (TPSA) is 15.3 Å². The van der Waals surface area contributed by atoms with E-state index in [1.165, 1.54) is 58.2 Å². The van der Waals surface area contributed by atoms with E-state index >= 15 is 0 Å². The Labute approximate surface area is 101 Å². The number of nitrogens with zero attached hydrogens (tertiary/aromatic N) is 1. The molecule has 1 aliphatic carbocycles. The van der Waals surface area contributed by atoms with Crippen LogP contribution in [0.3, 0.4) is 0 Å². The maximum Gasteiger partial charge on any atom is 0.00680 e. The van der Waals surface area contributed by atoms with Crippen LogP contribution < -0.4 is 5.32 Å². The molecule has 2 rings (SSSR count). The van der Waals surface area contributed by atoms with Gasteiger partial charge in [-0.3, -0.25) is 0 Å². The fourth-order valence-electron chi connectivity index (χ4n) is 2.74. The first-order valence-corrected chi connectivity index (χ1v) is 7.23. The summed E-state index contributed by atoms with van der Waals surface area (Å²) in [5.41, 5.74) is 0. The molecule has 1 atom stereocenters. The lowest BCUT2D eigenvalue weighted by molar-refractivity contribution is 0.206. The molecule has 1 aliphatic heterocycles. The van der Waals surface area contributed by atoms with Gasteiger partial charge in [-0.25, -0.2) is 0 Å². The summed E-state index contributed by atoms with van der Waals surface area (Å²) in [6, 6.07) is 1.56. The maximum absolute atomic E-state index is 3.59. The zero-order valence-electron chi connectivity index (χ0n) is 11.0. The van der Waals surface area contributed by atoms with Crippen molar-refractivity contribution in [3.63, 3.8) is 0 Å². The molecular formula is C14H28N2. The van der Waals surface area contributed by atoms with Gasteiger partial charge in [0.1, 0.15) is 0 Å². The number of nitrogens with one attached hydrogen (secondary N) is 1. The zero-order chi connectivity index (χ0) is 11.4. The summed E-state index contributed by atoms with van der Waals surface area (Å²) < 4.78 is 0. The van der Waals surface area contributed by atoms with Crippen LogP contribution in [0.1, 0.15) is 52.4 Å². The molecule has 0 bridgehead atoms. The van der Waals surface area contributed by atoms with E-state index in [0.717, 1.165) is 18.0 Å². The second-order valence-electron chi connectivity index (χ2n) is 5.97. The van der Waals surface area contributed by atoms with Crippen LogP contribution in [0.15, 0.2) is 0 Å². The summed E-state index contributed by atoms with van der Waals surface area (Å²) in [4.78, 5) is 2.69. The van der Waals surface area contributed by atoms with Gasteiger partial charge in [-0.15, -0.1) is 0 Å². The molecule has 16 heavy (non-hydrogen) atoms. The standard InChI is InChI=1S/C14H28N2/c1-12(2)16(11-13-7-8-13)10-4-6-14-5-3-9-15-14/h12-15H,3-11H2,1-2H3. The molecule has 0 aromatic carbocycles. The third-order valence-electron chi connectivity index (χ3n) is 4.08. The lowest BCUT2D eigenvalue weighted by atomic mass is 10.1. The molecule has 2 aliphatic rings. The minimum Gasteiger partial charge on any atom is -0.314 e. The van der Waals surface area contributed by atoms with Crippen LogP contribution in [0, 0.1) is 5.92 Å². The molecule has 1 N–H and O–H groups in total. The molecule has 1 saturated carbocycles. The highest BCUT2D eigenvalue weighted by Crippen LogP contribution is 2.30. The monoisotopic (exact) mass is 224 g/mol. The largest absolute Gasteiger partial charge is 0.314 e. The third-order valence-corrected chi connectivity index (χ3v) is 4.08. The van der Waals surface area contributed by atoms with Gasteiger partial charge in [0.2, 0.25) is 0 Å². The van der Waals surface area contributed by atoms with Gasteiger partial charge < -0.3 is 10.2 Å². The highest BCUT2D eigenvalue weighted by Gasteiger charge is 2.25. The SMILES string of the molecule is CC(C)N(CCCC1CCCN1)CC1CC1. The Morgan fingerprint density at radius 2 is 2.06 bits per heavy atom. The Bertz CT molecular complexity index is 193. The molecule has 2 heteroatoms. The van der Waals surface area contributed by atoms with Crippen LogP contribution in [-0.2, 0) is 0 Å². The number of rotatable bonds is 7. The summed E-state index contributed by atoms with van der Waals surface area (Å²) in [5.74, 6) is 1.03. The minimum atomic E-state index is 0.733. The second-order valence-corrected chi connectivity index (χ2v) is 5.97. The number of hydrogen-bond acceptors (Lipinski definition) is 2. The highest BCUT2D eigenvalue weighted by molar-refractivity contribution is 4.80. The molecule has 0 spiro atoms. The highest BCUT2D eigenvalue weighted by atomic mass is 15.1.